The minimum absolute atomic E-state index is 0.0995. The zero-order valence-electron chi connectivity index (χ0n) is 19.5. The Labute approximate surface area is 211 Å². The van der Waals surface area contributed by atoms with Gasteiger partial charge in [-0.05, 0) is 42.3 Å². The Balaban J connectivity index is 1.53. The summed E-state index contributed by atoms with van der Waals surface area (Å²) < 4.78 is 37.9. The van der Waals surface area contributed by atoms with Crippen molar-refractivity contribution in [3.63, 3.8) is 0 Å². The lowest BCUT2D eigenvalue weighted by Gasteiger charge is -2.25. The van der Waals surface area contributed by atoms with Gasteiger partial charge in [0.05, 0.1) is 25.2 Å². The molecule has 0 saturated heterocycles. The number of rotatable bonds is 13. The summed E-state index contributed by atoms with van der Waals surface area (Å²) in [4.78, 5) is 12.2. The summed E-state index contributed by atoms with van der Waals surface area (Å²) in [6.07, 6.45) is 1.60. The summed E-state index contributed by atoms with van der Waals surface area (Å²) >= 11 is 6.17. The normalized spacial score (nSPS) is 11.1. The number of sulfonamides is 1. The highest BCUT2D eigenvalue weighted by atomic mass is 35.5. The van der Waals surface area contributed by atoms with E-state index in [0.717, 1.165) is 11.8 Å². The van der Waals surface area contributed by atoms with Gasteiger partial charge >= 0.3 is 0 Å². The maximum Gasteiger partial charge on any atom is 0.232 e. The highest BCUT2D eigenvalue weighted by Crippen LogP contribution is 2.36. The minimum Gasteiger partial charge on any atom is -0.455 e. The summed E-state index contributed by atoms with van der Waals surface area (Å²) in [5, 5.41) is 3.17. The van der Waals surface area contributed by atoms with Crippen LogP contribution in [0, 0.1) is 0 Å². The van der Waals surface area contributed by atoms with Crippen molar-refractivity contribution >= 4 is 33.2 Å². The lowest BCUT2D eigenvalue weighted by atomic mass is 10.2. The number of anilines is 1. The van der Waals surface area contributed by atoms with Gasteiger partial charge in [0.1, 0.15) is 5.75 Å². The molecule has 1 N–H and O–H groups in total. The number of nitrogens with zero attached hydrogens (tertiary/aromatic N) is 1. The summed E-state index contributed by atoms with van der Waals surface area (Å²) in [5.41, 5.74) is 1.38. The van der Waals surface area contributed by atoms with Gasteiger partial charge in [0.15, 0.2) is 5.75 Å². The van der Waals surface area contributed by atoms with Crippen LogP contribution in [0.4, 0.5) is 5.69 Å². The van der Waals surface area contributed by atoms with Gasteiger partial charge in [-0.25, -0.2) is 8.42 Å². The van der Waals surface area contributed by atoms with Gasteiger partial charge < -0.3 is 14.8 Å². The first-order chi connectivity index (χ1) is 16.8. The molecule has 186 valence electrons. The molecule has 0 aliphatic heterocycles. The van der Waals surface area contributed by atoms with Crippen LogP contribution < -0.4 is 14.4 Å². The highest BCUT2D eigenvalue weighted by molar-refractivity contribution is 7.92. The van der Waals surface area contributed by atoms with Crippen LogP contribution in [-0.2, 0) is 26.2 Å². The number of benzene rings is 3. The SMILES string of the molecule is CS(=O)(=O)N(CCCC(=O)NCCOCc1ccccc1)c1cc(Cl)ccc1Oc1ccccc1. The molecule has 3 rings (SSSR count). The molecule has 0 saturated carbocycles. The van der Waals surface area contributed by atoms with Crippen LogP contribution in [0.5, 0.6) is 11.5 Å². The van der Waals surface area contributed by atoms with E-state index in [-0.39, 0.29) is 18.9 Å². The molecule has 0 aliphatic carbocycles. The van der Waals surface area contributed by atoms with Crippen molar-refractivity contribution in [1.82, 2.24) is 5.32 Å². The Kier molecular flexibility index (Phi) is 9.96. The second-order valence-corrected chi connectivity index (χ2v) is 10.2. The van der Waals surface area contributed by atoms with Crippen molar-refractivity contribution in [2.75, 3.05) is 30.3 Å². The number of ether oxygens (including phenoxy) is 2. The van der Waals surface area contributed by atoms with Gasteiger partial charge in [0.25, 0.3) is 0 Å². The van der Waals surface area contributed by atoms with Crippen LogP contribution in [0.15, 0.2) is 78.9 Å². The van der Waals surface area contributed by atoms with Gasteiger partial charge in [-0.3, -0.25) is 9.10 Å². The average molecular weight is 517 g/mol. The summed E-state index contributed by atoms with van der Waals surface area (Å²) in [6.45, 7) is 1.35. The van der Waals surface area contributed by atoms with Crippen molar-refractivity contribution in [1.29, 1.82) is 0 Å². The molecule has 7 nitrogen and oxygen atoms in total. The number of halogens is 1. The zero-order chi connectivity index (χ0) is 25.1. The number of hydrogen-bond donors (Lipinski definition) is 1. The predicted molar refractivity (Wildman–Crippen MR) is 138 cm³/mol. The van der Waals surface area contributed by atoms with Gasteiger partial charge in [0, 0.05) is 24.5 Å². The molecule has 0 bridgehead atoms. The fraction of sp³-hybridized carbons (Fsp3) is 0.269. The van der Waals surface area contributed by atoms with Crippen molar-refractivity contribution in [3.8, 4) is 11.5 Å². The van der Waals surface area contributed by atoms with Crippen LogP contribution in [0.1, 0.15) is 18.4 Å². The Hall–Kier alpha value is -3.07. The van der Waals surface area contributed by atoms with E-state index in [0.29, 0.717) is 48.4 Å². The second-order valence-electron chi connectivity index (χ2n) is 7.85. The van der Waals surface area contributed by atoms with Crippen LogP contribution in [-0.4, -0.2) is 40.3 Å². The summed E-state index contributed by atoms with van der Waals surface area (Å²) in [6, 6.07) is 23.7. The molecule has 3 aromatic carbocycles. The number of hydrogen-bond acceptors (Lipinski definition) is 5. The molecule has 0 heterocycles. The van der Waals surface area contributed by atoms with Crippen LogP contribution in [0.25, 0.3) is 0 Å². The van der Waals surface area contributed by atoms with E-state index in [2.05, 4.69) is 5.32 Å². The largest absolute Gasteiger partial charge is 0.455 e. The number of amides is 1. The Bertz CT molecular complexity index is 1190. The Morgan fingerprint density at radius 1 is 1.00 bits per heavy atom. The predicted octanol–water partition coefficient (Wildman–Crippen LogP) is 5.01. The number of carbonyl (C=O) groups excluding carboxylic acids is 1. The van der Waals surface area contributed by atoms with Crippen molar-refractivity contribution in [2.24, 2.45) is 0 Å². The molecule has 35 heavy (non-hydrogen) atoms. The fourth-order valence-corrected chi connectivity index (χ4v) is 4.48. The molecule has 1 amide bonds. The summed E-state index contributed by atoms with van der Waals surface area (Å²) in [5.74, 6) is 0.748. The van der Waals surface area contributed by atoms with Gasteiger partial charge in [-0.1, -0.05) is 60.1 Å². The molecule has 0 radical (unpaired) electrons. The van der Waals surface area contributed by atoms with Gasteiger partial charge in [-0.2, -0.15) is 0 Å². The smallest absolute Gasteiger partial charge is 0.232 e. The average Bonchev–Trinajstić information content (AvgIpc) is 2.83. The molecule has 0 aliphatic rings. The van der Waals surface area contributed by atoms with E-state index >= 15 is 0 Å². The van der Waals surface area contributed by atoms with E-state index in [4.69, 9.17) is 21.1 Å². The van der Waals surface area contributed by atoms with Crippen LogP contribution in [0.3, 0.4) is 0 Å². The van der Waals surface area contributed by atoms with E-state index in [9.17, 15) is 13.2 Å². The summed E-state index contributed by atoms with van der Waals surface area (Å²) in [7, 11) is -3.66. The molecule has 0 spiro atoms. The zero-order valence-corrected chi connectivity index (χ0v) is 21.1. The molecule has 0 unspecified atom stereocenters. The first kappa shape index (κ1) is 26.5. The monoisotopic (exact) mass is 516 g/mol. The third kappa shape index (κ3) is 8.90. The standard InChI is InChI=1S/C26H29ClN2O5S/c1-35(31,32)29(24-19-22(27)14-15-25(24)34-23-11-6-3-7-12-23)17-8-13-26(30)28-16-18-33-20-21-9-4-2-5-10-21/h2-7,9-12,14-15,19H,8,13,16-18,20H2,1H3,(H,28,30). The lowest BCUT2D eigenvalue weighted by molar-refractivity contribution is -0.121. The topological polar surface area (TPSA) is 84.9 Å². The van der Waals surface area contributed by atoms with E-state index in [1.165, 1.54) is 4.31 Å². The van der Waals surface area contributed by atoms with Crippen molar-refractivity contribution in [3.05, 3.63) is 89.4 Å². The van der Waals surface area contributed by atoms with Crippen LogP contribution in [0.2, 0.25) is 5.02 Å². The Morgan fingerprint density at radius 2 is 1.69 bits per heavy atom. The van der Waals surface area contributed by atoms with E-state index in [1.807, 2.05) is 48.5 Å². The van der Waals surface area contributed by atoms with Crippen molar-refractivity contribution in [2.45, 2.75) is 19.4 Å². The molecular weight excluding hydrogens is 488 g/mol. The molecule has 0 atom stereocenters. The lowest BCUT2D eigenvalue weighted by Crippen LogP contribution is -2.33. The molecular formula is C26H29ClN2O5S. The second kappa shape index (κ2) is 13.1. The Morgan fingerprint density at radius 3 is 2.37 bits per heavy atom. The fourth-order valence-electron chi connectivity index (χ4n) is 3.35. The third-order valence-electron chi connectivity index (χ3n) is 5.01. The van der Waals surface area contributed by atoms with E-state index in [1.54, 1.807) is 30.3 Å². The van der Waals surface area contributed by atoms with E-state index < -0.39 is 10.0 Å². The molecule has 9 heteroatoms. The number of carbonyl (C=O) groups is 1. The maximum atomic E-state index is 12.6. The van der Waals surface area contributed by atoms with Gasteiger partial charge in [-0.15, -0.1) is 0 Å². The third-order valence-corrected chi connectivity index (χ3v) is 6.42. The van der Waals surface area contributed by atoms with Gasteiger partial charge in [0.2, 0.25) is 15.9 Å². The van der Waals surface area contributed by atoms with Crippen molar-refractivity contribution < 1.29 is 22.7 Å². The first-order valence-electron chi connectivity index (χ1n) is 11.2. The highest BCUT2D eigenvalue weighted by Gasteiger charge is 2.22. The minimum atomic E-state index is -3.66. The number of para-hydroxylation sites is 1. The first-order valence-corrected chi connectivity index (χ1v) is 13.4. The molecule has 0 aromatic heterocycles. The van der Waals surface area contributed by atoms with Crippen LogP contribution >= 0.6 is 11.6 Å². The number of nitrogens with one attached hydrogen (secondary N) is 1. The molecule has 3 aromatic rings. The maximum absolute atomic E-state index is 12.6. The molecule has 0 fully saturated rings. The quantitative estimate of drug-likeness (QED) is 0.323.